The van der Waals surface area contributed by atoms with E-state index >= 15 is 0 Å². The molecule has 0 aromatic rings. The fourth-order valence-electron chi connectivity index (χ4n) is 1.59. The molecule has 0 aromatic heterocycles. The quantitative estimate of drug-likeness (QED) is 0.569. The van der Waals surface area contributed by atoms with Crippen LogP contribution < -0.4 is 5.32 Å². The minimum atomic E-state index is -5.30. The Labute approximate surface area is 95.9 Å². The molecule has 0 aliphatic heterocycles. The van der Waals surface area contributed by atoms with E-state index in [1.54, 1.807) is 0 Å². The second-order valence-corrected chi connectivity index (χ2v) is 3.59. The molecule has 1 atom stereocenters. The van der Waals surface area contributed by atoms with Crippen LogP contribution in [0.3, 0.4) is 0 Å². The van der Waals surface area contributed by atoms with Crippen LogP contribution in [0.25, 0.3) is 0 Å². The third kappa shape index (κ3) is 5.43. The summed E-state index contributed by atoms with van der Waals surface area (Å²) in [4.78, 5) is 0. The third-order valence-corrected chi connectivity index (χ3v) is 2.26. The molecular weight excluding hydrogens is 248 g/mol. The molecule has 7 heteroatoms. The summed E-state index contributed by atoms with van der Waals surface area (Å²) in [7, 11) is 0. The molecule has 0 rings (SSSR count). The standard InChI is InChI=1S/C10H15F6N/c1-3-5-6-7(17-4-2)8(9(11,12)13)10(14,15)16/h3,7-8,17H,1,4-6H2,2H3. The molecule has 0 amide bonds. The van der Waals surface area contributed by atoms with E-state index in [0.717, 1.165) is 0 Å². The zero-order valence-corrected chi connectivity index (χ0v) is 9.33. The van der Waals surface area contributed by atoms with Crippen LogP contribution in [0, 0.1) is 5.92 Å². The molecule has 1 unspecified atom stereocenters. The van der Waals surface area contributed by atoms with Gasteiger partial charge in [-0.15, -0.1) is 6.58 Å². The predicted molar refractivity (Wildman–Crippen MR) is 52.5 cm³/mol. The maximum absolute atomic E-state index is 12.4. The van der Waals surface area contributed by atoms with Crippen molar-refractivity contribution >= 4 is 0 Å². The van der Waals surface area contributed by atoms with Crippen molar-refractivity contribution in [1.82, 2.24) is 5.32 Å². The summed E-state index contributed by atoms with van der Waals surface area (Å²) in [5.41, 5.74) is 0. The molecular formula is C10H15F6N. The minimum Gasteiger partial charge on any atom is -0.313 e. The first-order valence-electron chi connectivity index (χ1n) is 5.12. The van der Waals surface area contributed by atoms with Gasteiger partial charge in [0.1, 0.15) is 0 Å². The summed E-state index contributed by atoms with van der Waals surface area (Å²) < 4.78 is 74.6. The normalized spacial score (nSPS) is 15.1. The lowest BCUT2D eigenvalue weighted by Gasteiger charge is -2.31. The largest absolute Gasteiger partial charge is 0.401 e. The summed E-state index contributed by atoms with van der Waals surface area (Å²) in [5.74, 6) is -3.34. The van der Waals surface area contributed by atoms with Gasteiger partial charge in [-0.3, -0.25) is 0 Å². The van der Waals surface area contributed by atoms with Crippen molar-refractivity contribution < 1.29 is 26.3 Å². The van der Waals surface area contributed by atoms with Gasteiger partial charge in [0.25, 0.3) is 0 Å². The van der Waals surface area contributed by atoms with Crippen LogP contribution in [0.2, 0.25) is 0 Å². The van der Waals surface area contributed by atoms with Crippen molar-refractivity contribution in [2.75, 3.05) is 6.54 Å². The second-order valence-electron chi connectivity index (χ2n) is 3.59. The highest BCUT2D eigenvalue weighted by Crippen LogP contribution is 2.42. The van der Waals surface area contributed by atoms with Crippen LogP contribution >= 0.6 is 0 Å². The van der Waals surface area contributed by atoms with Crippen molar-refractivity contribution in [3.63, 3.8) is 0 Å². The topological polar surface area (TPSA) is 12.0 Å². The van der Waals surface area contributed by atoms with Gasteiger partial charge in [-0.05, 0) is 19.4 Å². The van der Waals surface area contributed by atoms with Crippen LogP contribution in [0.15, 0.2) is 12.7 Å². The Hall–Kier alpha value is -0.720. The third-order valence-electron chi connectivity index (χ3n) is 2.26. The van der Waals surface area contributed by atoms with Gasteiger partial charge in [0.05, 0.1) is 0 Å². The van der Waals surface area contributed by atoms with Gasteiger partial charge in [-0.1, -0.05) is 13.0 Å². The lowest BCUT2D eigenvalue weighted by Crippen LogP contribution is -2.50. The number of rotatable bonds is 6. The molecule has 0 aliphatic carbocycles. The average molecular weight is 263 g/mol. The van der Waals surface area contributed by atoms with E-state index in [0.29, 0.717) is 0 Å². The molecule has 17 heavy (non-hydrogen) atoms. The fourth-order valence-corrected chi connectivity index (χ4v) is 1.59. The van der Waals surface area contributed by atoms with Gasteiger partial charge in [-0.25, -0.2) is 0 Å². The molecule has 0 fully saturated rings. The maximum Gasteiger partial charge on any atom is 0.401 e. The summed E-state index contributed by atoms with van der Waals surface area (Å²) in [5, 5.41) is 2.24. The van der Waals surface area contributed by atoms with Crippen LogP contribution in [0.1, 0.15) is 19.8 Å². The highest BCUT2D eigenvalue weighted by molar-refractivity contribution is 4.88. The lowest BCUT2D eigenvalue weighted by atomic mass is 9.94. The molecule has 0 spiro atoms. The van der Waals surface area contributed by atoms with Crippen molar-refractivity contribution in [2.24, 2.45) is 5.92 Å². The smallest absolute Gasteiger partial charge is 0.313 e. The second kappa shape index (κ2) is 6.28. The predicted octanol–water partition coefficient (Wildman–Crippen LogP) is 3.67. The summed E-state index contributed by atoms with van der Waals surface area (Å²) >= 11 is 0. The number of nitrogens with one attached hydrogen (secondary N) is 1. The Morgan fingerprint density at radius 1 is 1.12 bits per heavy atom. The van der Waals surface area contributed by atoms with E-state index < -0.39 is 24.3 Å². The van der Waals surface area contributed by atoms with Crippen LogP contribution in [-0.2, 0) is 0 Å². The molecule has 0 saturated heterocycles. The van der Waals surface area contributed by atoms with Crippen molar-refractivity contribution in [3.05, 3.63) is 12.7 Å². The number of hydrogen-bond donors (Lipinski definition) is 1. The van der Waals surface area contributed by atoms with Gasteiger partial charge in [-0.2, -0.15) is 26.3 Å². The average Bonchev–Trinajstić information content (AvgIpc) is 2.09. The number of alkyl halides is 6. The summed E-state index contributed by atoms with van der Waals surface area (Å²) in [6.07, 6.45) is -9.45. The van der Waals surface area contributed by atoms with E-state index in [2.05, 4.69) is 11.9 Å². The van der Waals surface area contributed by atoms with Gasteiger partial charge in [0, 0.05) is 6.04 Å². The SMILES string of the molecule is C=CCCC(NCC)C(C(F)(F)F)C(F)(F)F. The highest BCUT2D eigenvalue weighted by Gasteiger charge is 2.59. The Kier molecular flexibility index (Phi) is 6.01. The lowest BCUT2D eigenvalue weighted by molar-refractivity contribution is -0.292. The molecule has 0 saturated carbocycles. The number of halogens is 6. The van der Waals surface area contributed by atoms with E-state index in [1.165, 1.54) is 13.0 Å². The zero-order valence-electron chi connectivity index (χ0n) is 9.33. The molecule has 1 N–H and O–H groups in total. The van der Waals surface area contributed by atoms with E-state index in [1.807, 2.05) is 0 Å². The molecule has 102 valence electrons. The van der Waals surface area contributed by atoms with Crippen LogP contribution in [0.5, 0.6) is 0 Å². The Balaban J connectivity index is 5.00. The Morgan fingerprint density at radius 3 is 1.88 bits per heavy atom. The Morgan fingerprint density at radius 2 is 1.59 bits per heavy atom. The van der Waals surface area contributed by atoms with Gasteiger partial charge < -0.3 is 5.32 Å². The first-order valence-corrected chi connectivity index (χ1v) is 5.12. The van der Waals surface area contributed by atoms with Crippen LogP contribution in [0.4, 0.5) is 26.3 Å². The Bertz CT molecular complexity index is 218. The summed E-state index contributed by atoms with van der Waals surface area (Å²) in [6, 6.07) is -1.67. The molecule has 0 aliphatic rings. The van der Waals surface area contributed by atoms with Gasteiger partial charge >= 0.3 is 12.4 Å². The van der Waals surface area contributed by atoms with Crippen molar-refractivity contribution in [2.45, 2.75) is 38.2 Å². The maximum atomic E-state index is 12.4. The molecule has 0 radical (unpaired) electrons. The van der Waals surface area contributed by atoms with Crippen molar-refractivity contribution in [1.29, 1.82) is 0 Å². The van der Waals surface area contributed by atoms with Gasteiger partial charge in [0.15, 0.2) is 5.92 Å². The van der Waals surface area contributed by atoms with E-state index in [-0.39, 0.29) is 19.4 Å². The molecule has 0 aromatic carbocycles. The van der Waals surface area contributed by atoms with Gasteiger partial charge in [0.2, 0.25) is 0 Å². The number of hydrogen-bond acceptors (Lipinski definition) is 1. The fraction of sp³-hybridized carbons (Fsp3) is 0.800. The molecule has 1 nitrogen and oxygen atoms in total. The molecule has 0 bridgehead atoms. The van der Waals surface area contributed by atoms with E-state index in [9.17, 15) is 26.3 Å². The van der Waals surface area contributed by atoms with E-state index in [4.69, 9.17) is 0 Å². The molecule has 0 heterocycles. The highest BCUT2D eigenvalue weighted by atomic mass is 19.4. The minimum absolute atomic E-state index is 0.0461. The first kappa shape index (κ1) is 16.3. The zero-order chi connectivity index (χ0) is 13.7. The first-order chi connectivity index (χ1) is 7.64. The monoisotopic (exact) mass is 263 g/mol. The van der Waals surface area contributed by atoms with Crippen LogP contribution in [-0.4, -0.2) is 24.9 Å². The summed E-state index contributed by atoms with van der Waals surface area (Å²) in [6.45, 7) is 4.80. The number of allylic oxidation sites excluding steroid dienone is 1. The van der Waals surface area contributed by atoms with Crippen molar-refractivity contribution in [3.8, 4) is 0 Å².